The molecular formula is C15H26. The van der Waals surface area contributed by atoms with E-state index in [0.29, 0.717) is 0 Å². The van der Waals surface area contributed by atoms with Gasteiger partial charge in [-0.3, -0.25) is 0 Å². The fraction of sp³-hybridized carbons (Fsp3) is 0.867. The Morgan fingerprint density at radius 2 is 1.93 bits per heavy atom. The Morgan fingerprint density at radius 1 is 1.20 bits per heavy atom. The zero-order chi connectivity index (χ0) is 11.0. The lowest BCUT2D eigenvalue weighted by molar-refractivity contribution is 0.0647. The second-order valence-corrected chi connectivity index (χ2v) is 6.28. The maximum Gasteiger partial charge on any atom is -0.0289 e. The van der Waals surface area contributed by atoms with E-state index >= 15 is 0 Å². The van der Waals surface area contributed by atoms with Crippen LogP contribution in [0.2, 0.25) is 0 Å². The van der Waals surface area contributed by atoms with Crippen LogP contribution in [0.3, 0.4) is 0 Å². The Labute approximate surface area is 95.1 Å². The zero-order valence-corrected chi connectivity index (χ0v) is 10.8. The van der Waals surface area contributed by atoms with Crippen molar-refractivity contribution in [3.8, 4) is 0 Å². The van der Waals surface area contributed by atoms with Gasteiger partial charge in [0, 0.05) is 0 Å². The normalized spacial score (nSPS) is 41.3. The second-order valence-electron chi connectivity index (χ2n) is 6.28. The number of fused-ring (bicyclic) bond motifs is 1. The van der Waals surface area contributed by atoms with Crippen molar-refractivity contribution in [2.75, 3.05) is 0 Å². The molecule has 0 saturated heterocycles. The SMILES string of the molecule is CC1=CCC2C(C)CCC(C(C)C)C2C1. The topological polar surface area (TPSA) is 0 Å². The summed E-state index contributed by atoms with van der Waals surface area (Å²) in [5.41, 5.74) is 1.65. The first kappa shape index (κ1) is 11.2. The van der Waals surface area contributed by atoms with Gasteiger partial charge in [-0.2, -0.15) is 0 Å². The minimum Gasteiger partial charge on any atom is -0.0853 e. The summed E-state index contributed by atoms with van der Waals surface area (Å²) in [7, 11) is 0. The van der Waals surface area contributed by atoms with Crippen molar-refractivity contribution in [2.45, 2.75) is 53.4 Å². The molecule has 0 heterocycles. The van der Waals surface area contributed by atoms with Crippen LogP contribution in [-0.2, 0) is 0 Å². The molecule has 0 aliphatic heterocycles. The van der Waals surface area contributed by atoms with Gasteiger partial charge in [0.1, 0.15) is 0 Å². The largest absolute Gasteiger partial charge is 0.0853 e. The van der Waals surface area contributed by atoms with Gasteiger partial charge in [0.15, 0.2) is 0 Å². The van der Waals surface area contributed by atoms with Crippen molar-refractivity contribution in [3.05, 3.63) is 11.6 Å². The summed E-state index contributed by atoms with van der Waals surface area (Å²) in [6.45, 7) is 9.65. The van der Waals surface area contributed by atoms with Crippen LogP contribution in [0.4, 0.5) is 0 Å². The highest BCUT2D eigenvalue weighted by atomic mass is 14.4. The van der Waals surface area contributed by atoms with Gasteiger partial charge in [0.05, 0.1) is 0 Å². The molecule has 15 heavy (non-hydrogen) atoms. The molecule has 2 aliphatic carbocycles. The van der Waals surface area contributed by atoms with Gasteiger partial charge in [-0.1, -0.05) is 38.8 Å². The van der Waals surface area contributed by atoms with Gasteiger partial charge in [-0.25, -0.2) is 0 Å². The third kappa shape index (κ3) is 2.14. The fourth-order valence-corrected chi connectivity index (χ4v) is 3.95. The molecule has 2 rings (SSSR count). The van der Waals surface area contributed by atoms with Crippen LogP contribution in [-0.4, -0.2) is 0 Å². The number of hydrogen-bond donors (Lipinski definition) is 0. The molecule has 1 saturated carbocycles. The van der Waals surface area contributed by atoms with Crippen LogP contribution in [0.15, 0.2) is 11.6 Å². The predicted molar refractivity (Wildman–Crippen MR) is 66.7 cm³/mol. The molecule has 0 aromatic heterocycles. The standard InChI is InChI=1S/C15H26/c1-10(2)13-8-6-12(4)14-7-5-11(3)9-15(13)14/h5,10,12-15H,6-9H2,1-4H3. The fourth-order valence-electron chi connectivity index (χ4n) is 3.95. The average Bonchev–Trinajstić information content (AvgIpc) is 2.17. The van der Waals surface area contributed by atoms with Gasteiger partial charge in [0.25, 0.3) is 0 Å². The van der Waals surface area contributed by atoms with Gasteiger partial charge in [-0.15, -0.1) is 0 Å². The van der Waals surface area contributed by atoms with Crippen LogP contribution < -0.4 is 0 Å². The van der Waals surface area contributed by atoms with Crippen molar-refractivity contribution in [3.63, 3.8) is 0 Å². The van der Waals surface area contributed by atoms with E-state index in [2.05, 4.69) is 33.8 Å². The van der Waals surface area contributed by atoms with E-state index in [9.17, 15) is 0 Å². The van der Waals surface area contributed by atoms with E-state index in [1.165, 1.54) is 25.7 Å². The van der Waals surface area contributed by atoms with E-state index in [-0.39, 0.29) is 0 Å². The van der Waals surface area contributed by atoms with E-state index in [1.807, 2.05) is 0 Å². The Morgan fingerprint density at radius 3 is 2.60 bits per heavy atom. The van der Waals surface area contributed by atoms with Crippen LogP contribution in [0, 0.1) is 29.6 Å². The van der Waals surface area contributed by atoms with Crippen LogP contribution in [0.25, 0.3) is 0 Å². The number of allylic oxidation sites excluding steroid dienone is 2. The van der Waals surface area contributed by atoms with Gasteiger partial charge in [0.2, 0.25) is 0 Å². The van der Waals surface area contributed by atoms with Gasteiger partial charge in [-0.05, 0) is 55.8 Å². The summed E-state index contributed by atoms with van der Waals surface area (Å²) in [6, 6.07) is 0. The lowest BCUT2D eigenvalue weighted by Crippen LogP contribution is -2.37. The summed E-state index contributed by atoms with van der Waals surface area (Å²) >= 11 is 0. The number of hydrogen-bond acceptors (Lipinski definition) is 0. The van der Waals surface area contributed by atoms with Crippen LogP contribution in [0.5, 0.6) is 0 Å². The highest BCUT2D eigenvalue weighted by molar-refractivity contribution is 5.08. The molecule has 0 aromatic rings. The van der Waals surface area contributed by atoms with E-state index < -0.39 is 0 Å². The first-order valence-corrected chi connectivity index (χ1v) is 6.75. The maximum absolute atomic E-state index is 2.50. The van der Waals surface area contributed by atoms with Crippen molar-refractivity contribution in [1.82, 2.24) is 0 Å². The average molecular weight is 206 g/mol. The quantitative estimate of drug-likeness (QED) is 0.547. The minimum atomic E-state index is 0.885. The lowest BCUT2D eigenvalue weighted by atomic mass is 9.59. The highest BCUT2D eigenvalue weighted by Gasteiger charge is 2.39. The highest BCUT2D eigenvalue weighted by Crippen LogP contribution is 2.48. The Balaban J connectivity index is 2.17. The summed E-state index contributed by atoms with van der Waals surface area (Å²) in [5.74, 6) is 4.84. The van der Waals surface area contributed by atoms with Crippen molar-refractivity contribution < 1.29 is 0 Å². The van der Waals surface area contributed by atoms with Crippen molar-refractivity contribution >= 4 is 0 Å². The Bertz CT molecular complexity index is 249. The zero-order valence-electron chi connectivity index (χ0n) is 10.8. The Kier molecular flexibility index (Phi) is 3.23. The molecule has 4 unspecified atom stereocenters. The second kappa shape index (κ2) is 4.31. The third-order valence-corrected chi connectivity index (χ3v) is 4.94. The first-order chi connectivity index (χ1) is 7.09. The van der Waals surface area contributed by atoms with Crippen molar-refractivity contribution in [1.29, 1.82) is 0 Å². The molecule has 0 aromatic carbocycles. The summed E-state index contributed by atoms with van der Waals surface area (Å²) in [5, 5.41) is 0. The smallest absolute Gasteiger partial charge is 0.0289 e. The summed E-state index contributed by atoms with van der Waals surface area (Å²) in [6.07, 6.45) is 8.20. The molecule has 0 bridgehead atoms. The molecular weight excluding hydrogens is 180 g/mol. The van der Waals surface area contributed by atoms with Crippen molar-refractivity contribution in [2.24, 2.45) is 29.6 Å². The predicted octanol–water partition coefficient (Wildman–Crippen LogP) is 4.66. The summed E-state index contributed by atoms with van der Waals surface area (Å²) < 4.78 is 0. The van der Waals surface area contributed by atoms with Crippen LogP contribution >= 0.6 is 0 Å². The lowest BCUT2D eigenvalue weighted by Gasteiger charge is -2.46. The summed E-state index contributed by atoms with van der Waals surface area (Å²) in [4.78, 5) is 0. The molecule has 0 radical (unpaired) electrons. The molecule has 86 valence electrons. The molecule has 2 aliphatic rings. The van der Waals surface area contributed by atoms with Gasteiger partial charge < -0.3 is 0 Å². The van der Waals surface area contributed by atoms with Gasteiger partial charge >= 0.3 is 0 Å². The molecule has 0 N–H and O–H groups in total. The Hall–Kier alpha value is -0.260. The van der Waals surface area contributed by atoms with Crippen LogP contribution in [0.1, 0.15) is 53.4 Å². The third-order valence-electron chi connectivity index (χ3n) is 4.94. The monoisotopic (exact) mass is 206 g/mol. The first-order valence-electron chi connectivity index (χ1n) is 6.75. The molecule has 4 atom stereocenters. The van der Waals surface area contributed by atoms with E-state index in [1.54, 1.807) is 5.57 Å². The molecule has 0 spiro atoms. The maximum atomic E-state index is 2.50. The molecule has 0 heteroatoms. The van der Waals surface area contributed by atoms with E-state index in [0.717, 1.165) is 29.6 Å². The molecule has 1 fully saturated rings. The van der Waals surface area contributed by atoms with E-state index in [4.69, 9.17) is 0 Å². The molecule has 0 nitrogen and oxygen atoms in total. The molecule has 0 amide bonds. The number of rotatable bonds is 1. The minimum absolute atomic E-state index is 0.885.